The van der Waals surface area contributed by atoms with Gasteiger partial charge in [0.25, 0.3) is 5.69 Å². The number of non-ortho nitro benzene ring substituents is 1. The van der Waals surface area contributed by atoms with Gasteiger partial charge >= 0.3 is 0 Å². The van der Waals surface area contributed by atoms with Crippen molar-refractivity contribution >= 4 is 22.9 Å². The van der Waals surface area contributed by atoms with Crippen LogP contribution in [0.3, 0.4) is 0 Å². The summed E-state index contributed by atoms with van der Waals surface area (Å²) in [5, 5.41) is 14.9. The van der Waals surface area contributed by atoms with Crippen LogP contribution in [0.2, 0.25) is 0 Å². The number of hydrogen-bond donors (Lipinski definition) is 1. The molecule has 3 rings (SSSR count). The molecule has 116 valence electrons. The molecule has 2 saturated carbocycles. The van der Waals surface area contributed by atoms with Crippen molar-refractivity contribution < 1.29 is 9.72 Å². The normalized spacial score (nSPS) is 30.8. The van der Waals surface area contributed by atoms with Gasteiger partial charge in [-0.25, -0.2) is 0 Å². The van der Waals surface area contributed by atoms with Gasteiger partial charge in [-0.2, -0.15) is 5.10 Å². The summed E-state index contributed by atoms with van der Waals surface area (Å²) >= 11 is 0. The predicted octanol–water partition coefficient (Wildman–Crippen LogP) is 3.39. The minimum absolute atomic E-state index is 0.0304. The van der Waals surface area contributed by atoms with E-state index in [9.17, 15) is 14.9 Å². The number of fused-ring (bicyclic) bond motifs is 2. The molecule has 0 aromatic heterocycles. The molecule has 2 atom stereocenters. The zero-order chi connectivity index (χ0) is 16.1. The Morgan fingerprint density at radius 3 is 2.41 bits per heavy atom. The van der Waals surface area contributed by atoms with Crippen molar-refractivity contribution in [2.45, 2.75) is 33.6 Å². The van der Waals surface area contributed by atoms with Gasteiger partial charge < -0.3 is 0 Å². The highest BCUT2D eigenvalue weighted by atomic mass is 16.6. The Kier molecular flexibility index (Phi) is 3.09. The minimum atomic E-state index is -0.446. The molecule has 0 unspecified atom stereocenters. The summed E-state index contributed by atoms with van der Waals surface area (Å²) in [7, 11) is 0. The first-order chi connectivity index (χ1) is 10.3. The number of nitrogens with zero attached hydrogens (tertiary/aromatic N) is 2. The van der Waals surface area contributed by atoms with Gasteiger partial charge in [0, 0.05) is 23.5 Å². The number of ketones is 1. The van der Waals surface area contributed by atoms with Crippen LogP contribution in [0.5, 0.6) is 0 Å². The molecule has 0 amide bonds. The fraction of sp³-hybridized carbons (Fsp3) is 0.500. The van der Waals surface area contributed by atoms with E-state index in [2.05, 4.69) is 24.4 Å². The Bertz CT molecular complexity index is 678. The van der Waals surface area contributed by atoms with E-state index in [0.717, 1.165) is 12.8 Å². The lowest BCUT2D eigenvalue weighted by Crippen LogP contribution is -2.33. The molecular weight excluding hydrogens is 282 g/mol. The first-order valence-corrected chi connectivity index (χ1v) is 7.40. The molecule has 0 aliphatic heterocycles. The van der Waals surface area contributed by atoms with E-state index in [1.807, 2.05) is 6.92 Å². The van der Waals surface area contributed by atoms with Gasteiger partial charge in [0.05, 0.1) is 10.6 Å². The Hall–Kier alpha value is -2.24. The Morgan fingerprint density at radius 1 is 1.27 bits per heavy atom. The van der Waals surface area contributed by atoms with Crippen LogP contribution >= 0.6 is 0 Å². The molecule has 2 aliphatic carbocycles. The molecule has 2 bridgehead atoms. The van der Waals surface area contributed by atoms with Crippen LogP contribution < -0.4 is 5.43 Å². The zero-order valence-corrected chi connectivity index (χ0v) is 12.9. The Morgan fingerprint density at radius 2 is 1.91 bits per heavy atom. The van der Waals surface area contributed by atoms with E-state index in [4.69, 9.17) is 0 Å². The number of nitrogens with one attached hydrogen (secondary N) is 1. The van der Waals surface area contributed by atoms with E-state index < -0.39 is 4.92 Å². The van der Waals surface area contributed by atoms with Crippen molar-refractivity contribution in [3.63, 3.8) is 0 Å². The maximum Gasteiger partial charge on any atom is 0.269 e. The summed E-state index contributed by atoms with van der Waals surface area (Å²) in [6.07, 6.45) is 1.90. The zero-order valence-electron chi connectivity index (χ0n) is 12.9. The van der Waals surface area contributed by atoms with E-state index >= 15 is 0 Å². The average molecular weight is 301 g/mol. The number of hydrazone groups is 1. The largest absolute Gasteiger partial charge is 0.292 e. The van der Waals surface area contributed by atoms with E-state index in [0.29, 0.717) is 11.4 Å². The molecule has 6 heteroatoms. The fourth-order valence-electron chi connectivity index (χ4n) is 3.74. The maximum atomic E-state index is 12.6. The number of nitro benzene ring substituents is 1. The highest BCUT2D eigenvalue weighted by Crippen LogP contribution is 2.62. The number of carbonyl (C=O) groups excluding carboxylic acids is 1. The minimum Gasteiger partial charge on any atom is -0.292 e. The summed E-state index contributed by atoms with van der Waals surface area (Å²) in [6.45, 7) is 6.30. The Balaban J connectivity index is 1.82. The van der Waals surface area contributed by atoms with Gasteiger partial charge in [0.1, 0.15) is 5.71 Å². The highest BCUT2D eigenvalue weighted by Gasteiger charge is 2.65. The first-order valence-electron chi connectivity index (χ1n) is 7.40. The molecule has 0 heterocycles. The molecule has 2 aliphatic rings. The number of hydrogen-bond acceptors (Lipinski definition) is 5. The second-order valence-corrected chi connectivity index (χ2v) is 6.89. The molecule has 1 aromatic rings. The van der Waals surface area contributed by atoms with E-state index in [1.165, 1.54) is 12.1 Å². The molecule has 0 saturated heterocycles. The second-order valence-electron chi connectivity index (χ2n) is 6.89. The monoisotopic (exact) mass is 301 g/mol. The summed E-state index contributed by atoms with van der Waals surface area (Å²) < 4.78 is 0. The standard InChI is InChI=1S/C16H19N3O3/c1-15(2)12-8-9-16(15,3)14(20)13(12)18-17-10-4-6-11(7-5-10)19(21)22/h4-7,12,17H,8-9H2,1-3H3/b18-13+/t12-,16-/m1/s1. The first kappa shape index (κ1) is 14.7. The smallest absolute Gasteiger partial charge is 0.269 e. The highest BCUT2D eigenvalue weighted by molar-refractivity contribution is 6.45. The molecule has 22 heavy (non-hydrogen) atoms. The van der Waals surface area contributed by atoms with Crippen LogP contribution in [-0.4, -0.2) is 16.4 Å². The molecular formula is C16H19N3O3. The summed E-state index contributed by atoms with van der Waals surface area (Å²) in [5.74, 6) is 0.304. The van der Waals surface area contributed by atoms with Gasteiger partial charge in [-0.05, 0) is 30.4 Å². The van der Waals surface area contributed by atoms with E-state index in [-0.39, 0.29) is 28.2 Å². The van der Waals surface area contributed by atoms with Gasteiger partial charge in [-0.15, -0.1) is 0 Å². The van der Waals surface area contributed by atoms with Crippen molar-refractivity contribution in [1.29, 1.82) is 0 Å². The summed E-state index contributed by atoms with van der Waals surface area (Å²) in [5.41, 5.74) is 3.75. The van der Waals surface area contributed by atoms with Crippen molar-refractivity contribution in [2.24, 2.45) is 21.8 Å². The topological polar surface area (TPSA) is 84.6 Å². The third kappa shape index (κ3) is 1.86. The number of benzene rings is 1. The quantitative estimate of drug-likeness (QED) is 0.685. The van der Waals surface area contributed by atoms with Crippen LogP contribution in [0.4, 0.5) is 11.4 Å². The van der Waals surface area contributed by atoms with Gasteiger partial charge in [0.2, 0.25) is 0 Å². The van der Waals surface area contributed by atoms with Gasteiger partial charge in [-0.1, -0.05) is 20.8 Å². The third-order valence-electron chi connectivity index (χ3n) is 5.67. The fourth-order valence-corrected chi connectivity index (χ4v) is 3.74. The van der Waals surface area contributed by atoms with Gasteiger partial charge in [-0.3, -0.25) is 20.3 Å². The number of carbonyl (C=O) groups is 1. The SMILES string of the molecule is CC1(C)[C@@H]2CC[C@]1(C)C(=O)/C2=N/Nc1ccc([N+](=O)[O-])cc1. The average Bonchev–Trinajstić information content (AvgIpc) is 2.78. The third-order valence-corrected chi connectivity index (χ3v) is 5.67. The van der Waals surface area contributed by atoms with Crippen molar-refractivity contribution in [2.75, 3.05) is 5.43 Å². The van der Waals surface area contributed by atoms with Crippen molar-refractivity contribution in [1.82, 2.24) is 0 Å². The molecule has 2 fully saturated rings. The van der Waals surface area contributed by atoms with Crippen molar-refractivity contribution in [3.05, 3.63) is 34.4 Å². The molecule has 1 N–H and O–H groups in total. The van der Waals surface area contributed by atoms with Crippen LogP contribution in [0.25, 0.3) is 0 Å². The number of anilines is 1. The maximum absolute atomic E-state index is 12.6. The molecule has 6 nitrogen and oxygen atoms in total. The van der Waals surface area contributed by atoms with Gasteiger partial charge in [0.15, 0.2) is 5.78 Å². The lowest BCUT2D eigenvalue weighted by atomic mass is 9.70. The number of Topliss-reactive ketones (excluding diaryl/α,β-unsaturated/α-hetero) is 1. The molecule has 1 aromatic carbocycles. The van der Waals surface area contributed by atoms with Crippen LogP contribution in [-0.2, 0) is 4.79 Å². The van der Waals surface area contributed by atoms with Crippen molar-refractivity contribution in [3.8, 4) is 0 Å². The second kappa shape index (κ2) is 4.63. The lowest BCUT2D eigenvalue weighted by Gasteiger charge is -2.31. The predicted molar refractivity (Wildman–Crippen MR) is 83.8 cm³/mol. The molecule has 0 spiro atoms. The number of rotatable bonds is 3. The van der Waals surface area contributed by atoms with E-state index in [1.54, 1.807) is 12.1 Å². The summed E-state index contributed by atoms with van der Waals surface area (Å²) in [4.78, 5) is 22.8. The lowest BCUT2D eigenvalue weighted by molar-refractivity contribution is -0.384. The van der Waals surface area contributed by atoms with Crippen LogP contribution in [0.15, 0.2) is 29.4 Å². The van der Waals surface area contributed by atoms with Crippen LogP contribution in [0.1, 0.15) is 33.6 Å². The summed E-state index contributed by atoms with van der Waals surface area (Å²) in [6, 6.07) is 6.01. The Labute approximate surface area is 128 Å². The van der Waals surface area contributed by atoms with Crippen LogP contribution in [0, 0.1) is 26.9 Å². The molecule has 0 radical (unpaired) electrons. The number of nitro groups is 1.